The van der Waals surface area contributed by atoms with Crippen molar-refractivity contribution in [1.29, 1.82) is 0 Å². The zero-order valence-corrected chi connectivity index (χ0v) is 19.6. The van der Waals surface area contributed by atoms with E-state index < -0.39 is 35.1 Å². The van der Waals surface area contributed by atoms with Crippen LogP contribution in [0.15, 0.2) is 12.1 Å². The van der Waals surface area contributed by atoms with Gasteiger partial charge in [-0.15, -0.1) is 11.3 Å². The molecule has 0 spiro atoms. The van der Waals surface area contributed by atoms with Crippen LogP contribution >= 0.6 is 11.3 Å². The first-order chi connectivity index (χ1) is 16.2. The Morgan fingerprint density at radius 2 is 1.91 bits per heavy atom. The van der Waals surface area contributed by atoms with Gasteiger partial charge in [0.15, 0.2) is 23.2 Å². The number of anilines is 2. The first-order valence-corrected chi connectivity index (χ1v) is 11.8. The summed E-state index contributed by atoms with van der Waals surface area (Å²) in [4.78, 5) is 21.7. The lowest BCUT2D eigenvalue weighted by atomic mass is 9.99. The summed E-state index contributed by atoms with van der Waals surface area (Å²) < 4.78 is 50.8. The van der Waals surface area contributed by atoms with Gasteiger partial charge in [-0.05, 0) is 26.1 Å². The molecule has 0 bridgehead atoms. The molecular weight excluding hydrogens is 467 g/mol. The number of pyridine rings is 1. The molecule has 2 aliphatic heterocycles. The smallest absolute Gasteiger partial charge is 0.263 e. The summed E-state index contributed by atoms with van der Waals surface area (Å²) in [6.07, 6.45) is -0.105. The van der Waals surface area contributed by atoms with Crippen molar-refractivity contribution in [3.63, 3.8) is 0 Å². The number of nitrogen functional groups attached to an aromatic ring is 1. The number of ether oxygens (including phenoxy) is 1. The molecule has 4 heterocycles. The number of piperazine rings is 1. The maximum absolute atomic E-state index is 15.2. The molecule has 2 aromatic heterocycles. The summed E-state index contributed by atoms with van der Waals surface area (Å²) in [7, 11) is 1.92. The number of rotatable bonds is 3. The Balaban J connectivity index is 1.38. The van der Waals surface area contributed by atoms with Crippen molar-refractivity contribution >= 4 is 38.8 Å². The molecule has 0 aliphatic carbocycles. The average molecular weight is 492 g/mol. The SMILES string of the molecule is Cc1ccc2c(N)c(C(=O)N[C@H]3COc4c(F)c(N5CCN(C)CC5)c(F)c(F)c4C3)sc2n1. The maximum atomic E-state index is 15.2. The number of nitrogens with zero attached hydrogens (tertiary/aromatic N) is 3. The molecule has 1 aromatic carbocycles. The second kappa shape index (κ2) is 8.62. The van der Waals surface area contributed by atoms with Crippen LogP contribution in [0.5, 0.6) is 5.75 Å². The predicted octanol–water partition coefficient (Wildman–Crippen LogP) is 3.09. The number of amides is 1. The Labute approximate surface area is 198 Å². The molecule has 34 heavy (non-hydrogen) atoms. The summed E-state index contributed by atoms with van der Waals surface area (Å²) in [6, 6.07) is 2.93. The molecule has 5 rings (SSSR count). The first kappa shape index (κ1) is 22.7. The van der Waals surface area contributed by atoms with E-state index in [1.807, 2.05) is 18.9 Å². The zero-order valence-electron chi connectivity index (χ0n) is 18.8. The summed E-state index contributed by atoms with van der Waals surface area (Å²) in [5, 5.41) is 3.43. The number of carbonyl (C=O) groups is 1. The van der Waals surface area contributed by atoms with E-state index in [1.165, 1.54) is 4.90 Å². The number of benzene rings is 1. The third-order valence-corrected chi connectivity index (χ3v) is 7.43. The van der Waals surface area contributed by atoms with Gasteiger partial charge in [0, 0.05) is 49.2 Å². The largest absolute Gasteiger partial charge is 0.488 e. The second-order valence-corrected chi connectivity index (χ2v) is 9.72. The van der Waals surface area contributed by atoms with Crippen LogP contribution in [0.4, 0.5) is 24.5 Å². The van der Waals surface area contributed by atoms with E-state index in [4.69, 9.17) is 10.5 Å². The Hall–Kier alpha value is -3.05. The Bertz CT molecular complexity index is 1290. The van der Waals surface area contributed by atoms with Crippen molar-refractivity contribution in [2.24, 2.45) is 0 Å². The number of hydrogen-bond donors (Lipinski definition) is 2. The minimum absolute atomic E-state index is 0.0783. The van der Waals surface area contributed by atoms with Crippen LogP contribution in [0.1, 0.15) is 20.9 Å². The highest BCUT2D eigenvalue weighted by atomic mass is 32.1. The Morgan fingerprint density at radius 1 is 1.18 bits per heavy atom. The molecule has 0 unspecified atom stereocenters. The topological polar surface area (TPSA) is 83.7 Å². The molecule has 1 fully saturated rings. The van der Waals surface area contributed by atoms with E-state index in [0.29, 0.717) is 42.1 Å². The van der Waals surface area contributed by atoms with E-state index in [0.717, 1.165) is 17.0 Å². The van der Waals surface area contributed by atoms with Gasteiger partial charge < -0.3 is 25.6 Å². The van der Waals surface area contributed by atoms with Gasteiger partial charge in [-0.1, -0.05) is 0 Å². The molecule has 11 heteroatoms. The molecule has 0 saturated carbocycles. The summed E-state index contributed by atoms with van der Waals surface area (Å²) in [5.74, 6) is -4.04. The molecular formula is C23H24F3N5O2S. The van der Waals surface area contributed by atoms with Gasteiger partial charge in [0.05, 0.1) is 11.7 Å². The molecule has 180 valence electrons. The monoisotopic (exact) mass is 491 g/mol. The van der Waals surface area contributed by atoms with Crippen LogP contribution in [0.25, 0.3) is 10.2 Å². The van der Waals surface area contributed by atoms with E-state index >= 15 is 8.78 Å². The van der Waals surface area contributed by atoms with Gasteiger partial charge in [-0.3, -0.25) is 4.79 Å². The van der Waals surface area contributed by atoms with Crippen LogP contribution < -0.4 is 20.7 Å². The normalized spacial score (nSPS) is 18.6. The summed E-state index contributed by atoms with van der Waals surface area (Å²) in [5.41, 5.74) is 6.64. The van der Waals surface area contributed by atoms with Gasteiger partial charge in [-0.2, -0.15) is 0 Å². The summed E-state index contributed by atoms with van der Waals surface area (Å²) in [6.45, 7) is 3.75. The van der Waals surface area contributed by atoms with Crippen molar-refractivity contribution < 1.29 is 22.7 Å². The Morgan fingerprint density at radius 3 is 2.65 bits per heavy atom. The van der Waals surface area contributed by atoms with Crippen LogP contribution in [-0.4, -0.2) is 61.7 Å². The van der Waals surface area contributed by atoms with Gasteiger partial charge in [-0.25, -0.2) is 18.2 Å². The van der Waals surface area contributed by atoms with Crippen molar-refractivity contribution in [3.05, 3.63) is 45.7 Å². The van der Waals surface area contributed by atoms with E-state index in [2.05, 4.69) is 10.3 Å². The number of likely N-dealkylation sites (N-methyl/N-ethyl adjacent to an activating group) is 1. The Kier molecular flexibility index (Phi) is 5.76. The molecule has 3 N–H and O–H groups in total. The van der Waals surface area contributed by atoms with Crippen LogP contribution in [0, 0.1) is 24.4 Å². The lowest BCUT2D eigenvalue weighted by Crippen LogP contribution is -2.46. The molecule has 1 saturated heterocycles. The third-order valence-electron chi connectivity index (χ3n) is 6.32. The number of aryl methyl sites for hydroxylation is 1. The van der Waals surface area contributed by atoms with Crippen molar-refractivity contribution in [1.82, 2.24) is 15.2 Å². The quantitative estimate of drug-likeness (QED) is 0.548. The fraction of sp³-hybridized carbons (Fsp3) is 0.391. The second-order valence-electron chi connectivity index (χ2n) is 8.72. The fourth-order valence-electron chi connectivity index (χ4n) is 4.40. The number of fused-ring (bicyclic) bond motifs is 2. The summed E-state index contributed by atoms with van der Waals surface area (Å²) >= 11 is 1.15. The lowest BCUT2D eigenvalue weighted by Gasteiger charge is -2.35. The van der Waals surface area contributed by atoms with Gasteiger partial charge in [0.2, 0.25) is 0 Å². The predicted molar refractivity (Wildman–Crippen MR) is 125 cm³/mol. The van der Waals surface area contributed by atoms with Gasteiger partial charge in [0.1, 0.15) is 22.0 Å². The highest BCUT2D eigenvalue weighted by molar-refractivity contribution is 7.21. The number of hydrogen-bond acceptors (Lipinski definition) is 7. The minimum atomic E-state index is -1.23. The van der Waals surface area contributed by atoms with E-state index in [1.54, 1.807) is 12.1 Å². The van der Waals surface area contributed by atoms with Gasteiger partial charge in [0.25, 0.3) is 5.91 Å². The van der Waals surface area contributed by atoms with Crippen LogP contribution in [0.3, 0.4) is 0 Å². The molecule has 7 nitrogen and oxygen atoms in total. The highest BCUT2D eigenvalue weighted by Gasteiger charge is 2.35. The highest BCUT2D eigenvalue weighted by Crippen LogP contribution is 2.40. The average Bonchev–Trinajstić information content (AvgIpc) is 3.14. The molecule has 2 aliphatic rings. The molecule has 1 amide bonds. The van der Waals surface area contributed by atoms with E-state index in [9.17, 15) is 9.18 Å². The molecule has 3 aromatic rings. The lowest BCUT2D eigenvalue weighted by molar-refractivity contribution is 0.0918. The van der Waals surface area contributed by atoms with Gasteiger partial charge >= 0.3 is 0 Å². The number of nitrogens with one attached hydrogen (secondary N) is 1. The molecule has 0 radical (unpaired) electrons. The maximum Gasteiger partial charge on any atom is 0.263 e. The number of aromatic nitrogens is 1. The van der Waals surface area contributed by atoms with E-state index in [-0.39, 0.29) is 29.2 Å². The third kappa shape index (κ3) is 3.82. The van der Waals surface area contributed by atoms with Crippen molar-refractivity contribution in [2.45, 2.75) is 19.4 Å². The van der Waals surface area contributed by atoms with Crippen LogP contribution in [-0.2, 0) is 6.42 Å². The zero-order chi connectivity index (χ0) is 24.1. The number of thiophene rings is 1. The standard InChI is InChI=1S/C23H24F3N5O2S/c1-11-3-4-13-18(27)21(34-23(13)28-11)22(32)29-12-9-14-15(24)16(25)19(17(26)20(14)33-10-12)31-7-5-30(2)6-8-31/h3-4,12H,5-10,27H2,1-2H3,(H,29,32)/t12-/m1/s1. The minimum Gasteiger partial charge on any atom is -0.488 e. The first-order valence-electron chi connectivity index (χ1n) is 11.0. The number of halogens is 3. The van der Waals surface area contributed by atoms with Crippen LogP contribution in [0.2, 0.25) is 0 Å². The number of nitrogens with two attached hydrogens (primary N) is 1. The molecule has 1 atom stereocenters. The van der Waals surface area contributed by atoms with Crippen molar-refractivity contribution in [3.8, 4) is 5.75 Å². The fourth-order valence-corrected chi connectivity index (χ4v) is 5.45. The number of carbonyl (C=O) groups excluding carboxylic acids is 1. The van der Waals surface area contributed by atoms with Crippen molar-refractivity contribution in [2.75, 3.05) is 50.5 Å².